The third kappa shape index (κ3) is 1.45. The maximum atomic E-state index is 5.48. The van der Waals surface area contributed by atoms with Gasteiger partial charge in [0.05, 0.1) is 5.69 Å². The van der Waals surface area contributed by atoms with Crippen molar-refractivity contribution < 1.29 is 4.52 Å². The molecule has 0 amide bonds. The summed E-state index contributed by atoms with van der Waals surface area (Å²) in [6.07, 6.45) is 0. The lowest BCUT2D eigenvalue weighted by Crippen LogP contribution is -1.83. The fraction of sp³-hybridized carbons (Fsp3) is 0.500. The van der Waals surface area contributed by atoms with Crippen molar-refractivity contribution in [3.05, 3.63) is 17.0 Å². The average molecular weight is 146 g/mol. The summed E-state index contributed by atoms with van der Waals surface area (Å²) in [6, 6.07) is 1.73. The van der Waals surface area contributed by atoms with Crippen molar-refractivity contribution in [2.45, 2.75) is 19.8 Å². The summed E-state index contributed by atoms with van der Waals surface area (Å²) < 4.78 is 4.64. The largest absolute Gasteiger partial charge is 0.344 e. The van der Waals surface area contributed by atoms with Gasteiger partial charge in [-0.25, -0.2) is 0 Å². The lowest BCUT2D eigenvalue weighted by atomic mass is 10.1. The SMILES string of the molecule is CC(C)c1cc(Cl)on1. The normalized spacial score (nSPS) is 10.7. The van der Waals surface area contributed by atoms with Gasteiger partial charge in [0.2, 0.25) is 5.22 Å². The van der Waals surface area contributed by atoms with E-state index in [1.807, 2.05) is 13.8 Å². The van der Waals surface area contributed by atoms with Crippen molar-refractivity contribution >= 4 is 11.6 Å². The van der Waals surface area contributed by atoms with Crippen LogP contribution in [0.15, 0.2) is 10.6 Å². The second kappa shape index (κ2) is 2.40. The van der Waals surface area contributed by atoms with Gasteiger partial charge in [-0.15, -0.1) is 0 Å². The molecular weight excluding hydrogens is 138 g/mol. The van der Waals surface area contributed by atoms with Crippen LogP contribution in [0.2, 0.25) is 5.22 Å². The monoisotopic (exact) mass is 145 g/mol. The number of nitrogens with zero attached hydrogens (tertiary/aromatic N) is 1. The van der Waals surface area contributed by atoms with Gasteiger partial charge in [0, 0.05) is 6.07 Å². The van der Waals surface area contributed by atoms with Gasteiger partial charge >= 0.3 is 0 Å². The molecule has 0 aliphatic carbocycles. The van der Waals surface area contributed by atoms with Crippen LogP contribution in [0.5, 0.6) is 0 Å². The quantitative estimate of drug-likeness (QED) is 0.607. The number of hydrogen-bond donors (Lipinski definition) is 0. The van der Waals surface area contributed by atoms with E-state index >= 15 is 0 Å². The lowest BCUT2D eigenvalue weighted by molar-refractivity contribution is 0.410. The molecule has 0 unspecified atom stereocenters. The Labute approximate surface area is 58.8 Å². The number of halogens is 1. The highest BCUT2D eigenvalue weighted by molar-refractivity contribution is 6.28. The maximum absolute atomic E-state index is 5.48. The van der Waals surface area contributed by atoms with E-state index in [0.717, 1.165) is 5.69 Å². The van der Waals surface area contributed by atoms with Gasteiger partial charge in [-0.3, -0.25) is 0 Å². The van der Waals surface area contributed by atoms with E-state index in [4.69, 9.17) is 11.6 Å². The lowest BCUT2D eigenvalue weighted by Gasteiger charge is -1.92. The smallest absolute Gasteiger partial charge is 0.226 e. The van der Waals surface area contributed by atoms with Gasteiger partial charge < -0.3 is 4.52 Å². The Hall–Kier alpha value is -0.500. The van der Waals surface area contributed by atoms with E-state index in [1.54, 1.807) is 6.07 Å². The minimum absolute atomic E-state index is 0.360. The van der Waals surface area contributed by atoms with Crippen LogP contribution in [0.1, 0.15) is 25.5 Å². The van der Waals surface area contributed by atoms with Crippen LogP contribution in [-0.4, -0.2) is 5.16 Å². The Morgan fingerprint density at radius 3 is 2.56 bits per heavy atom. The van der Waals surface area contributed by atoms with Gasteiger partial charge in [-0.1, -0.05) is 19.0 Å². The van der Waals surface area contributed by atoms with Crippen LogP contribution in [0.25, 0.3) is 0 Å². The molecule has 1 heterocycles. The van der Waals surface area contributed by atoms with Gasteiger partial charge in [0.1, 0.15) is 0 Å². The molecular formula is C6H8ClNO. The first-order valence-corrected chi connectivity index (χ1v) is 3.20. The molecule has 0 aromatic carbocycles. The molecule has 0 aliphatic heterocycles. The summed E-state index contributed by atoms with van der Waals surface area (Å²) in [7, 11) is 0. The molecule has 0 saturated carbocycles. The van der Waals surface area contributed by atoms with E-state index in [9.17, 15) is 0 Å². The minimum Gasteiger partial charge on any atom is -0.344 e. The van der Waals surface area contributed by atoms with Crippen molar-refractivity contribution in [3.8, 4) is 0 Å². The van der Waals surface area contributed by atoms with Crippen molar-refractivity contribution in [3.63, 3.8) is 0 Å². The van der Waals surface area contributed by atoms with E-state index in [0.29, 0.717) is 11.1 Å². The molecule has 0 atom stereocenters. The van der Waals surface area contributed by atoms with Crippen LogP contribution in [0.3, 0.4) is 0 Å². The molecule has 0 radical (unpaired) electrons. The molecule has 0 spiro atoms. The molecule has 0 saturated heterocycles. The molecule has 9 heavy (non-hydrogen) atoms. The Morgan fingerprint density at radius 2 is 2.33 bits per heavy atom. The van der Waals surface area contributed by atoms with Crippen LogP contribution in [0.4, 0.5) is 0 Å². The predicted molar refractivity (Wildman–Crippen MR) is 35.6 cm³/mol. The standard InChI is InChI=1S/C6H8ClNO/c1-4(2)5-3-6(7)9-8-5/h3-4H,1-2H3. The molecule has 0 bridgehead atoms. The number of aromatic nitrogens is 1. The summed E-state index contributed by atoms with van der Waals surface area (Å²) >= 11 is 5.48. The zero-order chi connectivity index (χ0) is 6.85. The van der Waals surface area contributed by atoms with Crippen LogP contribution >= 0.6 is 11.6 Å². The summed E-state index contributed by atoms with van der Waals surface area (Å²) in [5.74, 6) is 0.390. The molecule has 3 heteroatoms. The van der Waals surface area contributed by atoms with Crippen LogP contribution in [-0.2, 0) is 0 Å². The molecule has 1 aromatic heterocycles. The first-order valence-electron chi connectivity index (χ1n) is 2.82. The van der Waals surface area contributed by atoms with Crippen LogP contribution in [0, 0.1) is 0 Å². The van der Waals surface area contributed by atoms with Crippen molar-refractivity contribution in [1.82, 2.24) is 5.16 Å². The van der Waals surface area contributed by atoms with E-state index in [2.05, 4.69) is 9.68 Å². The maximum Gasteiger partial charge on any atom is 0.226 e. The summed E-state index contributed by atoms with van der Waals surface area (Å²) in [5.41, 5.74) is 0.903. The molecule has 0 N–H and O–H groups in total. The molecule has 0 fully saturated rings. The Bertz CT molecular complexity index is 195. The molecule has 1 rings (SSSR count). The summed E-state index contributed by atoms with van der Waals surface area (Å²) in [6.45, 7) is 4.07. The molecule has 2 nitrogen and oxygen atoms in total. The van der Waals surface area contributed by atoms with Gasteiger partial charge in [0.25, 0.3) is 0 Å². The molecule has 50 valence electrons. The average Bonchev–Trinajstić information content (AvgIpc) is 2.14. The summed E-state index contributed by atoms with van der Waals surface area (Å²) in [5, 5.41) is 4.07. The fourth-order valence-electron chi connectivity index (χ4n) is 0.537. The predicted octanol–water partition coefficient (Wildman–Crippen LogP) is 2.45. The zero-order valence-corrected chi connectivity index (χ0v) is 6.14. The Morgan fingerprint density at radius 1 is 1.67 bits per heavy atom. The third-order valence-electron chi connectivity index (χ3n) is 1.09. The highest BCUT2D eigenvalue weighted by Gasteiger charge is 2.03. The first-order chi connectivity index (χ1) is 4.20. The zero-order valence-electron chi connectivity index (χ0n) is 5.39. The van der Waals surface area contributed by atoms with Crippen molar-refractivity contribution in [1.29, 1.82) is 0 Å². The van der Waals surface area contributed by atoms with E-state index in [1.165, 1.54) is 0 Å². The van der Waals surface area contributed by atoms with Gasteiger partial charge in [-0.2, -0.15) is 0 Å². The highest BCUT2D eigenvalue weighted by atomic mass is 35.5. The molecule has 0 aliphatic rings. The Kier molecular flexibility index (Phi) is 1.76. The Balaban J connectivity index is 2.85. The number of rotatable bonds is 1. The highest BCUT2D eigenvalue weighted by Crippen LogP contribution is 2.16. The summed E-state index contributed by atoms with van der Waals surface area (Å²) in [4.78, 5) is 0. The van der Waals surface area contributed by atoms with Crippen LogP contribution < -0.4 is 0 Å². The second-order valence-corrected chi connectivity index (χ2v) is 2.58. The van der Waals surface area contributed by atoms with Crippen molar-refractivity contribution in [2.75, 3.05) is 0 Å². The van der Waals surface area contributed by atoms with E-state index in [-0.39, 0.29) is 0 Å². The topological polar surface area (TPSA) is 26.0 Å². The molecule has 1 aromatic rings. The van der Waals surface area contributed by atoms with Crippen molar-refractivity contribution in [2.24, 2.45) is 0 Å². The van der Waals surface area contributed by atoms with Gasteiger partial charge in [-0.05, 0) is 17.5 Å². The van der Waals surface area contributed by atoms with Gasteiger partial charge in [0.15, 0.2) is 0 Å². The first kappa shape index (κ1) is 6.62. The fourth-order valence-corrected chi connectivity index (χ4v) is 0.684. The minimum atomic E-state index is 0.360. The number of hydrogen-bond acceptors (Lipinski definition) is 2. The van der Waals surface area contributed by atoms with E-state index < -0.39 is 0 Å². The second-order valence-electron chi connectivity index (χ2n) is 2.21. The third-order valence-corrected chi connectivity index (χ3v) is 1.27.